The Kier molecular flexibility index (Phi) is 6.52. The Morgan fingerprint density at radius 1 is 1.36 bits per heavy atom. The molecule has 0 heterocycles. The first-order valence-electron chi connectivity index (χ1n) is 5.12. The maximum absolute atomic E-state index is 8.49. The summed E-state index contributed by atoms with van der Waals surface area (Å²) in [7, 11) is 0. The molecular formula is C11H21NO2. The number of ether oxygens (including phenoxy) is 2. The maximum atomic E-state index is 8.49. The molecular weight excluding hydrogens is 178 g/mol. The molecule has 0 amide bonds. The fourth-order valence-corrected chi connectivity index (χ4v) is 1.15. The van der Waals surface area contributed by atoms with E-state index in [1.165, 1.54) is 0 Å². The average molecular weight is 199 g/mol. The van der Waals surface area contributed by atoms with E-state index in [0.29, 0.717) is 19.6 Å². The first-order valence-corrected chi connectivity index (χ1v) is 5.12. The van der Waals surface area contributed by atoms with Gasteiger partial charge in [-0.05, 0) is 34.1 Å². The molecule has 0 radical (unpaired) electrons. The first kappa shape index (κ1) is 13.4. The molecule has 0 aromatic carbocycles. The molecule has 0 N–H and O–H groups in total. The van der Waals surface area contributed by atoms with Gasteiger partial charge in [-0.15, -0.1) is 0 Å². The molecule has 82 valence electrons. The van der Waals surface area contributed by atoms with Crippen molar-refractivity contribution in [2.75, 3.05) is 13.2 Å². The van der Waals surface area contributed by atoms with Crippen molar-refractivity contribution in [3.8, 4) is 6.07 Å². The molecule has 0 bridgehead atoms. The van der Waals surface area contributed by atoms with Crippen molar-refractivity contribution >= 4 is 0 Å². The number of nitrogens with zero attached hydrogens (tertiary/aromatic N) is 1. The van der Waals surface area contributed by atoms with Crippen LogP contribution in [0.3, 0.4) is 0 Å². The summed E-state index contributed by atoms with van der Waals surface area (Å²) in [6.07, 6.45) is 1.30. The molecule has 0 rings (SSSR count). The molecule has 1 unspecified atom stereocenters. The largest absolute Gasteiger partial charge is 0.379 e. The standard InChI is InChI=1S/C11H21NO2/c1-5-13-9-10(7-6-8-12)14-11(2,3)4/h10H,5-7,9H2,1-4H3. The van der Waals surface area contributed by atoms with Crippen LogP contribution in [0, 0.1) is 11.3 Å². The molecule has 3 nitrogen and oxygen atoms in total. The number of rotatable bonds is 6. The lowest BCUT2D eigenvalue weighted by Gasteiger charge is -2.27. The Bertz CT molecular complexity index is 179. The van der Waals surface area contributed by atoms with Gasteiger partial charge in [0.25, 0.3) is 0 Å². The molecule has 0 aromatic rings. The summed E-state index contributed by atoms with van der Waals surface area (Å²) < 4.78 is 11.1. The van der Waals surface area contributed by atoms with Crippen LogP contribution in [0.15, 0.2) is 0 Å². The van der Waals surface area contributed by atoms with Crippen molar-refractivity contribution in [1.29, 1.82) is 5.26 Å². The van der Waals surface area contributed by atoms with Crippen molar-refractivity contribution in [2.24, 2.45) is 0 Å². The van der Waals surface area contributed by atoms with Gasteiger partial charge in [-0.3, -0.25) is 0 Å². The van der Waals surface area contributed by atoms with Gasteiger partial charge >= 0.3 is 0 Å². The van der Waals surface area contributed by atoms with Crippen LogP contribution in [-0.2, 0) is 9.47 Å². The lowest BCUT2D eigenvalue weighted by molar-refractivity contribution is -0.0934. The van der Waals surface area contributed by atoms with Gasteiger partial charge in [-0.1, -0.05) is 0 Å². The van der Waals surface area contributed by atoms with E-state index in [4.69, 9.17) is 14.7 Å². The highest BCUT2D eigenvalue weighted by Crippen LogP contribution is 2.14. The summed E-state index contributed by atoms with van der Waals surface area (Å²) >= 11 is 0. The van der Waals surface area contributed by atoms with E-state index >= 15 is 0 Å². The SMILES string of the molecule is CCOCC(CCC#N)OC(C)(C)C. The minimum absolute atomic E-state index is 0.0367. The van der Waals surface area contributed by atoms with E-state index in [0.717, 1.165) is 6.42 Å². The first-order chi connectivity index (χ1) is 6.49. The topological polar surface area (TPSA) is 42.2 Å². The predicted octanol–water partition coefficient (Wildman–Crippen LogP) is 2.51. The summed E-state index contributed by atoms with van der Waals surface area (Å²) in [5.74, 6) is 0. The second-order valence-electron chi connectivity index (χ2n) is 4.21. The predicted molar refractivity (Wildman–Crippen MR) is 56.0 cm³/mol. The zero-order valence-corrected chi connectivity index (χ0v) is 9.67. The molecule has 0 spiro atoms. The van der Waals surface area contributed by atoms with Gasteiger partial charge < -0.3 is 9.47 Å². The van der Waals surface area contributed by atoms with Crippen LogP contribution >= 0.6 is 0 Å². The van der Waals surface area contributed by atoms with E-state index < -0.39 is 0 Å². The van der Waals surface area contributed by atoms with Crippen molar-refractivity contribution < 1.29 is 9.47 Å². The summed E-state index contributed by atoms with van der Waals surface area (Å²) in [5, 5.41) is 8.49. The van der Waals surface area contributed by atoms with Gasteiger partial charge in [0, 0.05) is 13.0 Å². The van der Waals surface area contributed by atoms with Crippen LogP contribution < -0.4 is 0 Å². The van der Waals surface area contributed by atoms with Crippen LogP contribution in [0.4, 0.5) is 0 Å². The van der Waals surface area contributed by atoms with Crippen molar-refractivity contribution in [3.63, 3.8) is 0 Å². The van der Waals surface area contributed by atoms with Gasteiger partial charge in [-0.2, -0.15) is 5.26 Å². The lowest BCUT2D eigenvalue weighted by atomic mass is 10.1. The summed E-state index contributed by atoms with van der Waals surface area (Å²) in [6.45, 7) is 9.26. The lowest BCUT2D eigenvalue weighted by Crippen LogP contribution is -2.30. The minimum atomic E-state index is -0.169. The Hall–Kier alpha value is -0.590. The molecule has 0 aliphatic carbocycles. The van der Waals surface area contributed by atoms with Crippen molar-refractivity contribution in [2.45, 2.75) is 52.2 Å². The highest BCUT2D eigenvalue weighted by Gasteiger charge is 2.18. The zero-order valence-electron chi connectivity index (χ0n) is 9.67. The monoisotopic (exact) mass is 199 g/mol. The van der Waals surface area contributed by atoms with Gasteiger partial charge in [0.2, 0.25) is 0 Å². The third-order valence-corrected chi connectivity index (χ3v) is 1.61. The van der Waals surface area contributed by atoms with Crippen molar-refractivity contribution in [3.05, 3.63) is 0 Å². The number of hydrogen-bond donors (Lipinski definition) is 0. The second kappa shape index (κ2) is 6.80. The minimum Gasteiger partial charge on any atom is -0.379 e. The smallest absolute Gasteiger partial charge is 0.0825 e. The molecule has 14 heavy (non-hydrogen) atoms. The highest BCUT2D eigenvalue weighted by molar-refractivity contribution is 4.74. The molecule has 0 fully saturated rings. The zero-order chi connectivity index (χ0) is 11.0. The van der Waals surface area contributed by atoms with Crippen LogP contribution in [0.2, 0.25) is 0 Å². The fraction of sp³-hybridized carbons (Fsp3) is 0.909. The van der Waals surface area contributed by atoms with Gasteiger partial charge in [0.05, 0.1) is 24.4 Å². The third kappa shape index (κ3) is 8.03. The van der Waals surface area contributed by atoms with E-state index in [1.807, 2.05) is 27.7 Å². The summed E-state index contributed by atoms with van der Waals surface area (Å²) in [6, 6.07) is 2.12. The van der Waals surface area contributed by atoms with Crippen LogP contribution in [0.25, 0.3) is 0 Å². The molecule has 0 saturated heterocycles. The quantitative estimate of drug-likeness (QED) is 0.660. The maximum Gasteiger partial charge on any atom is 0.0825 e. The van der Waals surface area contributed by atoms with Crippen LogP contribution in [-0.4, -0.2) is 24.9 Å². The van der Waals surface area contributed by atoms with E-state index in [2.05, 4.69) is 6.07 Å². The molecule has 3 heteroatoms. The van der Waals surface area contributed by atoms with E-state index in [1.54, 1.807) is 0 Å². The molecule has 0 aromatic heterocycles. The Labute approximate surface area is 87.0 Å². The Morgan fingerprint density at radius 2 is 2.00 bits per heavy atom. The van der Waals surface area contributed by atoms with Gasteiger partial charge in [-0.25, -0.2) is 0 Å². The molecule has 0 aliphatic rings. The second-order valence-corrected chi connectivity index (χ2v) is 4.21. The summed E-state index contributed by atoms with van der Waals surface area (Å²) in [5.41, 5.74) is -0.169. The number of hydrogen-bond acceptors (Lipinski definition) is 3. The normalized spacial score (nSPS) is 13.6. The Balaban J connectivity index is 3.91. The van der Waals surface area contributed by atoms with Gasteiger partial charge in [0.15, 0.2) is 0 Å². The fourth-order valence-electron chi connectivity index (χ4n) is 1.15. The third-order valence-electron chi connectivity index (χ3n) is 1.61. The molecule has 1 atom stereocenters. The number of nitriles is 1. The van der Waals surface area contributed by atoms with Crippen molar-refractivity contribution in [1.82, 2.24) is 0 Å². The van der Waals surface area contributed by atoms with E-state index in [-0.39, 0.29) is 11.7 Å². The van der Waals surface area contributed by atoms with Crippen LogP contribution in [0.1, 0.15) is 40.5 Å². The van der Waals surface area contributed by atoms with E-state index in [9.17, 15) is 0 Å². The van der Waals surface area contributed by atoms with Crippen LogP contribution in [0.5, 0.6) is 0 Å². The summed E-state index contributed by atoms with van der Waals surface area (Å²) in [4.78, 5) is 0. The molecule has 0 aliphatic heterocycles. The molecule has 0 saturated carbocycles. The average Bonchev–Trinajstić information content (AvgIpc) is 2.07. The Morgan fingerprint density at radius 3 is 2.43 bits per heavy atom. The highest BCUT2D eigenvalue weighted by atomic mass is 16.5. The van der Waals surface area contributed by atoms with Gasteiger partial charge in [0.1, 0.15) is 0 Å².